The molecule has 1 aromatic carbocycles. The number of amides is 1. The maximum absolute atomic E-state index is 12.1. The van der Waals surface area contributed by atoms with E-state index in [9.17, 15) is 14.9 Å². The highest BCUT2D eigenvalue weighted by molar-refractivity contribution is 6.03. The van der Waals surface area contributed by atoms with Crippen molar-refractivity contribution < 1.29 is 9.72 Å². The van der Waals surface area contributed by atoms with Crippen LogP contribution in [-0.2, 0) is 6.54 Å². The largest absolute Gasteiger partial charge is 0.289 e. The van der Waals surface area contributed by atoms with Gasteiger partial charge in [-0.25, -0.2) is 4.68 Å². The molecule has 0 unspecified atom stereocenters. The van der Waals surface area contributed by atoms with E-state index >= 15 is 0 Å². The molecule has 0 atom stereocenters. The van der Waals surface area contributed by atoms with Crippen LogP contribution in [0.1, 0.15) is 29.3 Å². The zero-order chi connectivity index (χ0) is 15.4. The summed E-state index contributed by atoms with van der Waals surface area (Å²) in [5, 5.41) is 24.4. The highest BCUT2D eigenvalue weighted by atomic mass is 16.6. The highest BCUT2D eigenvalue weighted by Gasteiger charge is 2.16. The standard InChI is InChI=1S/C12H14N6O3/c1-3-6-17-12(14-15-16-17)13-11(19)9-5-4-8(2)10(7-9)18(20)21/h4-5,7H,3,6H2,1-2H3,(H,13,14,16,19). The molecule has 0 aliphatic carbocycles. The maximum Gasteiger partial charge on any atom is 0.273 e. The summed E-state index contributed by atoms with van der Waals surface area (Å²) in [5.41, 5.74) is 0.571. The Morgan fingerprint density at radius 2 is 2.24 bits per heavy atom. The molecule has 21 heavy (non-hydrogen) atoms. The van der Waals surface area contributed by atoms with Gasteiger partial charge in [0.05, 0.1) is 4.92 Å². The zero-order valence-corrected chi connectivity index (χ0v) is 11.6. The van der Waals surface area contributed by atoms with Crippen LogP contribution in [0.4, 0.5) is 11.6 Å². The molecule has 0 fully saturated rings. The number of hydrogen-bond donors (Lipinski definition) is 1. The normalized spacial score (nSPS) is 10.4. The third-order valence-electron chi connectivity index (χ3n) is 2.86. The molecule has 110 valence electrons. The molecule has 1 amide bonds. The first-order valence-corrected chi connectivity index (χ1v) is 6.35. The van der Waals surface area contributed by atoms with Crippen molar-refractivity contribution in [2.24, 2.45) is 0 Å². The van der Waals surface area contributed by atoms with E-state index in [4.69, 9.17) is 0 Å². The summed E-state index contributed by atoms with van der Waals surface area (Å²) >= 11 is 0. The van der Waals surface area contributed by atoms with Crippen molar-refractivity contribution in [1.29, 1.82) is 0 Å². The molecule has 9 nitrogen and oxygen atoms in total. The first kappa shape index (κ1) is 14.6. The van der Waals surface area contributed by atoms with Crippen LogP contribution in [0.2, 0.25) is 0 Å². The van der Waals surface area contributed by atoms with E-state index < -0.39 is 10.8 Å². The number of nitrogens with one attached hydrogen (secondary N) is 1. The second kappa shape index (κ2) is 6.07. The van der Waals surface area contributed by atoms with E-state index in [0.29, 0.717) is 12.1 Å². The van der Waals surface area contributed by atoms with Gasteiger partial charge in [0.15, 0.2) is 0 Å². The lowest BCUT2D eigenvalue weighted by Gasteiger charge is -2.05. The molecule has 0 spiro atoms. The molecule has 0 radical (unpaired) electrons. The third kappa shape index (κ3) is 3.19. The monoisotopic (exact) mass is 290 g/mol. The molecule has 1 heterocycles. The number of hydrogen-bond acceptors (Lipinski definition) is 6. The van der Waals surface area contributed by atoms with Gasteiger partial charge in [-0.05, 0) is 29.8 Å². The topological polar surface area (TPSA) is 116 Å². The fourth-order valence-corrected chi connectivity index (χ4v) is 1.78. The Labute approximate surface area is 120 Å². The zero-order valence-electron chi connectivity index (χ0n) is 11.6. The quantitative estimate of drug-likeness (QED) is 0.659. The summed E-state index contributed by atoms with van der Waals surface area (Å²) in [6, 6.07) is 4.28. The summed E-state index contributed by atoms with van der Waals surface area (Å²) in [5.74, 6) is -0.282. The van der Waals surface area contributed by atoms with Crippen molar-refractivity contribution in [3.8, 4) is 0 Å². The van der Waals surface area contributed by atoms with Gasteiger partial charge in [0.25, 0.3) is 11.6 Å². The molecule has 1 N–H and O–H groups in total. The lowest BCUT2D eigenvalue weighted by atomic mass is 10.1. The Kier molecular flexibility index (Phi) is 4.21. The van der Waals surface area contributed by atoms with Crippen LogP contribution in [0.5, 0.6) is 0 Å². The maximum atomic E-state index is 12.1. The van der Waals surface area contributed by atoms with Crippen molar-refractivity contribution in [1.82, 2.24) is 20.2 Å². The minimum atomic E-state index is -0.521. The number of nitro groups is 1. The number of nitro benzene ring substituents is 1. The summed E-state index contributed by atoms with van der Waals surface area (Å²) in [6.07, 6.45) is 0.809. The summed E-state index contributed by atoms with van der Waals surface area (Å²) < 4.78 is 1.46. The Bertz CT molecular complexity index is 681. The average molecular weight is 290 g/mol. The molecule has 0 aliphatic heterocycles. The number of carbonyl (C=O) groups excluding carboxylic acids is 1. The lowest BCUT2D eigenvalue weighted by Crippen LogP contribution is -2.17. The smallest absolute Gasteiger partial charge is 0.273 e. The predicted molar refractivity (Wildman–Crippen MR) is 73.9 cm³/mol. The van der Waals surface area contributed by atoms with Crippen LogP contribution in [0.3, 0.4) is 0 Å². The van der Waals surface area contributed by atoms with Crippen LogP contribution in [0.25, 0.3) is 0 Å². The van der Waals surface area contributed by atoms with E-state index in [1.807, 2.05) is 6.92 Å². The molecule has 0 aliphatic rings. The summed E-state index contributed by atoms with van der Waals surface area (Å²) in [7, 11) is 0. The van der Waals surface area contributed by atoms with Gasteiger partial charge in [-0.3, -0.25) is 20.2 Å². The molecule has 0 saturated carbocycles. The molecule has 2 aromatic rings. The molecular formula is C12H14N6O3. The van der Waals surface area contributed by atoms with Gasteiger partial charge >= 0.3 is 0 Å². The Morgan fingerprint density at radius 3 is 2.90 bits per heavy atom. The van der Waals surface area contributed by atoms with Crippen molar-refractivity contribution in [2.45, 2.75) is 26.8 Å². The van der Waals surface area contributed by atoms with Gasteiger partial charge in [-0.2, -0.15) is 0 Å². The second-order valence-corrected chi connectivity index (χ2v) is 4.44. The summed E-state index contributed by atoms with van der Waals surface area (Å²) in [6.45, 7) is 4.13. The van der Waals surface area contributed by atoms with E-state index in [1.165, 1.54) is 22.9 Å². The van der Waals surface area contributed by atoms with Crippen molar-refractivity contribution in [3.63, 3.8) is 0 Å². The number of aryl methyl sites for hydroxylation is 2. The first-order chi connectivity index (χ1) is 10.0. The van der Waals surface area contributed by atoms with Crippen LogP contribution in [0, 0.1) is 17.0 Å². The second-order valence-electron chi connectivity index (χ2n) is 4.44. The Balaban J connectivity index is 2.22. The van der Waals surface area contributed by atoms with E-state index in [2.05, 4.69) is 20.8 Å². The Hall–Kier alpha value is -2.84. The minimum absolute atomic E-state index is 0.101. The van der Waals surface area contributed by atoms with Crippen LogP contribution in [0.15, 0.2) is 18.2 Å². The molecular weight excluding hydrogens is 276 g/mol. The summed E-state index contributed by atoms with van der Waals surface area (Å²) in [4.78, 5) is 22.5. The van der Waals surface area contributed by atoms with Gasteiger partial charge in [0, 0.05) is 23.7 Å². The SMILES string of the molecule is CCCn1nnnc1NC(=O)c1ccc(C)c([N+](=O)[O-])c1. The third-order valence-corrected chi connectivity index (χ3v) is 2.86. The van der Waals surface area contributed by atoms with E-state index in [-0.39, 0.29) is 17.2 Å². The molecule has 0 saturated heterocycles. The van der Waals surface area contributed by atoms with Crippen LogP contribution >= 0.6 is 0 Å². The lowest BCUT2D eigenvalue weighted by molar-refractivity contribution is -0.385. The number of carbonyl (C=O) groups is 1. The van der Waals surface area contributed by atoms with Crippen LogP contribution in [-0.4, -0.2) is 31.0 Å². The fourth-order valence-electron chi connectivity index (χ4n) is 1.78. The van der Waals surface area contributed by atoms with Crippen molar-refractivity contribution in [3.05, 3.63) is 39.4 Å². The minimum Gasteiger partial charge on any atom is -0.289 e. The van der Waals surface area contributed by atoms with Gasteiger partial charge in [0.2, 0.25) is 5.95 Å². The van der Waals surface area contributed by atoms with Crippen molar-refractivity contribution >= 4 is 17.5 Å². The van der Waals surface area contributed by atoms with Gasteiger partial charge in [0.1, 0.15) is 0 Å². The number of rotatable bonds is 5. The number of nitrogens with zero attached hydrogens (tertiary/aromatic N) is 5. The predicted octanol–water partition coefficient (Wildman–Crippen LogP) is 1.55. The van der Waals surface area contributed by atoms with Crippen LogP contribution < -0.4 is 5.32 Å². The number of benzene rings is 1. The highest BCUT2D eigenvalue weighted by Crippen LogP contribution is 2.19. The van der Waals surface area contributed by atoms with Gasteiger partial charge in [-0.1, -0.05) is 18.1 Å². The Morgan fingerprint density at radius 1 is 1.48 bits per heavy atom. The van der Waals surface area contributed by atoms with Gasteiger partial charge < -0.3 is 0 Å². The van der Waals surface area contributed by atoms with Crippen molar-refractivity contribution in [2.75, 3.05) is 5.32 Å². The number of tetrazole rings is 1. The van der Waals surface area contributed by atoms with E-state index in [0.717, 1.165) is 6.42 Å². The average Bonchev–Trinajstić information content (AvgIpc) is 2.86. The molecule has 1 aromatic heterocycles. The molecule has 0 bridgehead atoms. The first-order valence-electron chi connectivity index (χ1n) is 6.35. The molecule has 9 heteroatoms. The number of aromatic nitrogens is 4. The fraction of sp³-hybridized carbons (Fsp3) is 0.333. The molecule has 2 rings (SSSR count). The van der Waals surface area contributed by atoms with E-state index in [1.54, 1.807) is 6.92 Å². The van der Waals surface area contributed by atoms with Gasteiger partial charge in [-0.15, -0.1) is 0 Å². The number of anilines is 1.